The van der Waals surface area contributed by atoms with Gasteiger partial charge in [-0.15, -0.1) is 0 Å². The van der Waals surface area contributed by atoms with Crippen molar-refractivity contribution in [2.45, 2.75) is 0 Å². The maximum atomic E-state index is 12.7. The highest BCUT2D eigenvalue weighted by Crippen LogP contribution is 2.25. The van der Waals surface area contributed by atoms with Crippen molar-refractivity contribution in [3.8, 4) is 5.75 Å². The monoisotopic (exact) mass is 246 g/mol. The highest BCUT2D eigenvalue weighted by molar-refractivity contribution is 6.32. The van der Waals surface area contributed by atoms with Crippen LogP contribution in [0.5, 0.6) is 5.75 Å². The Morgan fingerprint density at radius 1 is 1.62 bits per heavy atom. The predicted molar refractivity (Wildman–Crippen MR) is 59.1 cm³/mol. The Kier molecular flexibility index (Phi) is 4.52. The molecule has 4 nitrogen and oxygen atoms in total. The number of halogens is 2. The number of nitrogens with two attached hydrogens (primary N) is 1. The fraction of sp³-hybridized carbons (Fsp3) is 0.300. The number of carbonyl (C=O) groups is 1. The van der Waals surface area contributed by atoms with Gasteiger partial charge in [0.2, 0.25) is 0 Å². The van der Waals surface area contributed by atoms with Crippen LogP contribution in [0.4, 0.5) is 9.18 Å². The molecule has 1 rings (SSSR count). The largest absolute Gasteiger partial charge is 0.415 e. The zero-order chi connectivity index (χ0) is 12.1. The quantitative estimate of drug-likeness (QED) is 0.886. The second-order valence-electron chi connectivity index (χ2n) is 3.15. The zero-order valence-electron chi connectivity index (χ0n) is 8.74. The maximum Gasteiger partial charge on any atom is 0.415 e. The van der Waals surface area contributed by atoms with E-state index < -0.39 is 11.9 Å². The molecule has 0 spiro atoms. The molecule has 2 N–H and O–H groups in total. The maximum absolute atomic E-state index is 12.7. The van der Waals surface area contributed by atoms with Crippen LogP contribution in [-0.2, 0) is 0 Å². The summed E-state index contributed by atoms with van der Waals surface area (Å²) in [7, 11) is 1.55. The summed E-state index contributed by atoms with van der Waals surface area (Å²) in [4.78, 5) is 12.7. The van der Waals surface area contributed by atoms with Crippen molar-refractivity contribution in [2.24, 2.45) is 5.73 Å². The first-order valence-electron chi connectivity index (χ1n) is 4.62. The molecule has 0 heterocycles. The lowest BCUT2D eigenvalue weighted by Crippen LogP contribution is -2.33. The number of benzene rings is 1. The highest BCUT2D eigenvalue weighted by Gasteiger charge is 2.12. The van der Waals surface area contributed by atoms with Gasteiger partial charge in [0.1, 0.15) is 5.82 Å². The first kappa shape index (κ1) is 12.7. The number of rotatable bonds is 3. The molecule has 0 saturated carbocycles. The Hall–Kier alpha value is -1.33. The van der Waals surface area contributed by atoms with Crippen LogP contribution in [-0.4, -0.2) is 31.1 Å². The molecule has 0 unspecified atom stereocenters. The zero-order valence-corrected chi connectivity index (χ0v) is 9.50. The Morgan fingerprint density at radius 2 is 2.31 bits per heavy atom. The number of nitrogens with zero attached hydrogens (tertiary/aromatic N) is 1. The topological polar surface area (TPSA) is 55.6 Å². The van der Waals surface area contributed by atoms with Crippen molar-refractivity contribution in [1.29, 1.82) is 0 Å². The molecule has 1 aromatic carbocycles. The van der Waals surface area contributed by atoms with Crippen LogP contribution >= 0.6 is 11.6 Å². The molecule has 16 heavy (non-hydrogen) atoms. The van der Waals surface area contributed by atoms with E-state index in [9.17, 15) is 9.18 Å². The van der Waals surface area contributed by atoms with Crippen LogP contribution in [0, 0.1) is 5.82 Å². The molecule has 6 heteroatoms. The van der Waals surface area contributed by atoms with E-state index in [-0.39, 0.29) is 10.8 Å². The van der Waals surface area contributed by atoms with Gasteiger partial charge in [-0.05, 0) is 18.2 Å². The lowest BCUT2D eigenvalue weighted by atomic mass is 10.3. The summed E-state index contributed by atoms with van der Waals surface area (Å²) in [5, 5.41) is 0.0505. The summed E-state index contributed by atoms with van der Waals surface area (Å²) in [6, 6.07) is 3.54. The van der Waals surface area contributed by atoms with Crippen LogP contribution in [0.1, 0.15) is 0 Å². The summed E-state index contributed by atoms with van der Waals surface area (Å²) >= 11 is 5.69. The van der Waals surface area contributed by atoms with E-state index in [0.717, 1.165) is 12.1 Å². The third-order valence-electron chi connectivity index (χ3n) is 1.87. The van der Waals surface area contributed by atoms with Gasteiger partial charge in [-0.2, -0.15) is 0 Å². The first-order chi connectivity index (χ1) is 7.54. The van der Waals surface area contributed by atoms with Gasteiger partial charge < -0.3 is 15.4 Å². The Labute approximate surface area is 97.7 Å². The summed E-state index contributed by atoms with van der Waals surface area (Å²) in [5.74, 6) is -0.364. The number of likely N-dealkylation sites (N-methyl/N-ethyl adjacent to an activating group) is 1. The Balaban J connectivity index is 2.69. The Morgan fingerprint density at radius 3 is 2.88 bits per heavy atom. The van der Waals surface area contributed by atoms with Gasteiger partial charge in [0.15, 0.2) is 5.75 Å². The minimum Gasteiger partial charge on any atom is -0.409 e. The standard InChI is InChI=1S/C10H12ClFN2O2/c1-14(5-4-13)10(15)16-9-3-2-7(12)6-8(9)11/h2-3,6H,4-5,13H2,1H3. The molecule has 0 aliphatic carbocycles. The van der Waals surface area contributed by atoms with E-state index in [1.165, 1.54) is 11.0 Å². The third-order valence-corrected chi connectivity index (χ3v) is 2.16. The van der Waals surface area contributed by atoms with Crippen molar-refractivity contribution >= 4 is 17.7 Å². The molecule has 0 aromatic heterocycles. The van der Waals surface area contributed by atoms with E-state index >= 15 is 0 Å². The van der Waals surface area contributed by atoms with Gasteiger partial charge in [0.05, 0.1) is 5.02 Å². The van der Waals surface area contributed by atoms with Gasteiger partial charge in [0.25, 0.3) is 0 Å². The fourth-order valence-electron chi connectivity index (χ4n) is 1.01. The van der Waals surface area contributed by atoms with Crippen LogP contribution in [0.25, 0.3) is 0 Å². The van der Waals surface area contributed by atoms with Crippen molar-refractivity contribution in [2.75, 3.05) is 20.1 Å². The lowest BCUT2D eigenvalue weighted by Gasteiger charge is -2.15. The van der Waals surface area contributed by atoms with Gasteiger partial charge in [0, 0.05) is 20.1 Å². The van der Waals surface area contributed by atoms with E-state index in [2.05, 4.69) is 0 Å². The molecule has 0 radical (unpaired) electrons. The summed E-state index contributed by atoms with van der Waals surface area (Å²) < 4.78 is 17.7. The van der Waals surface area contributed by atoms with Crippen LogP contribution in [0.2, 0.25) is 5.02 Å². The van der Waals surface area contributed by atoms with Gasteiger partial charge in [-0.1, -0.05) is 11.6 Å². The fourth-order valence-corrected chi connectivity index (χ4v) is 1.22. The SMILES string of the molecule is CN(CCN)C(=O)Oc1ccc(F)cc1Cl. The number of hydrogen-bond acceptors (Lipinski definition) is 3. The molecule has 1 aromatic rings. The average molecular weight is 247 g/mol. The van der Waals surface area contributed by atoms with E-state index in [0.29, 0.717) is 13.1 Å². The highest BCUT2D eigenvalue weighted by atomic mass is 35.5. The molecular weight excluding hydrogens is 235 g/mol. The van der Waals surface area contributed by atoms with Crippen molar-refractivity contribution in [1.82, 2.24) is 4.90 Å². The van der Waals surface area contributed by atoms with Crippen LogP contribution in [0.15, 0.2) is 18.2 Å². The summed E-state index contributed by atoms with van der Waals surface area (Å²) in [5.41, 5.74) is 5.29. The molecule has 0 bridgehead atoms. The number of amides is 1. The second kappa shape index (κ2) is 5.67. The van der Waals surface area contributed by atoms with Crippen molar-refractivity contribution < 1.29 is 13.9 Å². The Bertz CT molecular complexity index is 387. The summed E-state index contributed by atoms with van der Waals surface area (Å²) in [6.45, 7) is 0.709. The molecule has 0 saturated heterocycles. The van der Waals surface area contributed by atoms with Gasteiger partial charge >= 0.3 is 6.09 Å². The first-order valence-corrected chi connectivity index (χ1v) is 5.00. The normalized spacial score (nSPS) is 10.0. The lowest BCUT2D eigenvalue weighted by molar-refractivity contribution is 0.164. The number of ether oxygens (including phenoxy) is 1. The molecule has 0 atom stereocenters. The number of hydrogen-bond donors (Lipinski definition) is 1. The molecule has 88 valence electrons. The predicted octanol–water partition coefficient (Wildman–Crippen LogP) is 1.87. The van der Waals surface area contributed by atoms with Crippen molar-refractivity contribution in [3.05, 3.63) is 29.0 Å². The third kappa shape index (κ3) is 3.36. The number of carbonyl (C=O) groups excluding carboxylic acids is 1. The molecular formula is C10H12ClFN2O2. The minimum absolute atomic E-state index is 0.0505. The molecule has 0 aliphatic rings. The molecule has 1 amide bonds. The van der Waals surface area contributed by atoms with Gasteiger partial charge in [-0.3, -0.25) is 0 Å². The summed E-state index contributed by atoms with van der Waals surface area (Å²) in [6.07, 6.45) is -0.584. The molecule has 0 fully saturated rings. The van der Waals surface area contributed by atoms with Crippen LogP contribution in [0.3, 0.4) is 0 Å². The molecule has 0 aliphatic heterocycles. The smallest absolute Gasteiger partial charge is 0.409 e. The van der Waals surface area contributed by atoms with Crippen molar-refractivity contribution in [3.63, 3.8) is 0 Å². The van der Waals surface area contributed by atoms with E-state index in [1.54, 1.807) is 7.05 Å². The second-order valence-corrected chi connectivity index (χ2v) is 3.56. The van der Waals surface area contributed by atoms with E-state index in [1.807, 2.05) is 0 Å². The minimum atomic E-state index is -0.584. The van der Waals surface area contributed by atoms with E-state index in [4.69, 9.17) is 22.1 Å². The van der Waals surface area contributed by atoms with Gasteiger partial charge in [-0.25, -0.2) is 9.18 Å². The average Bonchev–Trinajstić information content (AvgIpc) is 2.22. The van der Waals surface area contributed by atoms with Crippen LogP contribution < -0.4 is 10.5 Å².